The molecule has 3 aromatic heterocycles. The van der Waals surface area contributed by atoms with Crippen LogP contribution in [0.5, 0.6) is 0 Å². The molecule has 0 fully saturated rings. The molecule has 8 nitrogen and oxygen atoms in total. The highest BCUT2D eigenvalue weighted by molar-refractivity contribution is 7.98. The number of anilines is 2. The van der Waals surface area contributed by atoms with Gasteiger partial charge in [0.2, 0.25) is 0 Å². The lowest BCUT2D eigenvalue weighted by molar-refractivity contribution is 0.0924. The standard InChI is InChI=1S/C24H24N6O2S2/c1-24(2,3)30-21(32)19-17(25)16-18(28-23(33-4)29-22(16)34-19)13-7-5-9-15(11-13)27-20(31)14-8-6-10-26-12-14/h5-12H,25H2,1-4H3,(H,27,31)(H,30,32). The normalized spacial score (nSPS) is 11.4. The third-order valence-electron chi connectivity index (χ3n) is 4.76. The van der Waals surface area contributed by atoms with Gasteiger partial charge in [-0.3, -0.25) is 14.6 Å². The fraction of sp³-hybridized carbons (Fsp3) is 0.208. The molecule has 0 unspecified atom stereocenters. The van der Waals surface area contributed by atoms with Gasteiger partial charge in [-0.2, -0.15) is 0 Å². The number of benzene rings is 1. The molecular formula is C24H24N6O2S2. The molecule has 0 radical (unpaired) electrons. The maximum atomic E-state index is 12.9. The fourth-order valence-electron chi connectivity index (χ4n) is 3.31. The first kappa shape index (κ1) is 23.7. The van der Waals surface area contributed by atoms with Crippen molar-refractivity contribution in [2.75, 3.05) is 17.3 Å². The van der Waals surface area contributed by atoms with Crippen LogP contribution < -0.4 is 16.4 Å². The van der Waals surface area contributed by atoms with Crippen molar-refractivity contribution in [1.29, 1.82) is 0 Å². The molecule has 10 heteroatoms. The number of carbonyl (C=O) groups is 2. The Kier molecular flexibility index (Phi) is 6.54. The molecule has 0 saturated carbocycles. The van der Waals surface area contributed by atoms with Gasteiger partial charge in [0.15, 0.2) is 5.16 Å². The number of nitrogens with two attached hydrogens (primary N) is 1. The number of hydrogen-bond donors (Lipinski definition) is 3. The molecule has 4 aromatic rings. The number of pyridine rings is 1. The van der Waals surface area contributed by atoms with E-state index in [9.17, 15) is 9.59 Å². The number of rotatable bonds is 5. The Morgan fingerprint density at radius 1 is 1.09 bits per heavy atom. The number of nitrogens with zero attached hydrogens (tertiary/aromatic N) is 3. The van der Waals surface area contributed by atoms with E-state index in [1.165, 1.54) is 29.3 Å². The molecule has 4 rings (SSSR count). The molecule has 3 heterocycles. The van der Waals surface area contributed by atoms with Crippen LogP contribution in [-0.2, 0) is 0 Å². The Morgan fingerprint density at radius 2 is 1.88 bits per heavy atom. The van der Waals surface area contributed by atoms with Crippen LogP contribution in [-0.4, -0.2) is 38.6 Å². The topological polar surface area (TPSA) is 123 Å². The number of thiophene rings is 1. The van der Waals surface area contributed by atoms with Crippen molar-refractivity contribution in [3.05, 3.63) is 59.2 Å². The minimum atomic E-state index is -0.403. The quantitative estimate of drug-likeness (QED) is 0.269. The smallest absolute Gasteiger partial charge is 0.263 e. The zero-order valence-corrected chi connectivity index (χ0v) is 20.8. The number of amides is 2. The average molecular weight is 493 g/mol. The lowest BCUT2D eigenvalue weighted by atomic mass is 10.1. The SMILES string of the molecule is CSc1nc(-c2cccc(NC(=O)c3cccnc3)c2)c2c(N)c(C(=O)NC(C)(C)C)sc2n1. The molecule has 1 aromatic carbocycles. The van der Waals surface area contributed by atoms with Crippen molar-refractivity contribution < 1.29 is 9.59 Å². The molecule has 4 N–H and O–H groups in total. The number of nitrogen functional groups attached to an aromatic ring is 1. The molecule has 2 amide bonds. The minimum Gasteiger partial charge on any atom is -0.397 e. The van der Waals surface area contributed by atoms with E-state index in [0.717, 1.165) is 5.56 Å². The summed E-state index contributed by atoms with van der Waals surface area (Å²) in [6, 6.07) is 10.7. The van der Waals surface area contributed by atoms with E-state index in [1.807, 2.05) is 45.2 Å². The van der Waals surface area contributed by atoms with E-state index in [-0.39, 0.29) is 11.8 Å². The second-order valence-corrected chi connectivity index (χ2v) is 10.3. The Hall–Kier alpha value is -3.50. The zero-order valence-electron chi connectivity index (χ0n) is 19.2. The van der Waals surface area contributed by atoms with Gasteiger partial charge in [0, 0.05) is 29.2 Å². The van der Waals surface area contributed by atoms with Crippen LogP contribution in [0.3, 0.4) is 0 Å². The van der Waals surface area contributed by atoms with Crippen molar-refractivity contribution in [2.45, 2.75) is 31.5 Å². The Balaban J connectivity index is 1.77. The Labute approximate surface area is 205 Å². The maximum Gasteiger partial charge on any atom is 0.263 e. The summed E-state index contributed by atoms with van der Waals surface area (Å²) in [5, 5.41) is 7.03. The van der Waals surface area contributed by atoms with Crippen molar-refractivity contribution >= 4 is 56.5 Å². The van der Waals surface area contributed by atoms with Gasteiger partial charge >= 0.3 is 0 Å². The number of thioether (sulfide) groups is 1. The molecule has 174 valence electrons. The number of aromatic nitrogens is 3. The molecule has 0 aliphatic carbocycles. The monoisotopic (exact) mass is 492 g/mol. The van der Waals surface area contributed by atoms with Crippen LogP contribution in [0.15, 0.2) is 53.9 Å². The number of carbonyl (C=O) groups excluding carboxylic acids is 2. The first-order valence-electron chi connectivity index (χ1n) is 10.4. The van der Waals surface area contributed by atoms with Gasteiger partial charge in [-0.25, -0.2) is 9.97 Å². The number of nitrogens with one attached hydrogen (secondary N) is 2. The largest absolute Gasteiger partial charge is 0.397 e. The van der Waals surface area contributed by atoms with E-state index in [0.29, 0.717) is 42.9 Å². The van der Waals surface area contributed by atoms with Crippen molar-refractivity contribution in [2.24, 2.45) is 0 Å². The zero-order chi connectivity index (χ0) is 24.5. The van der Waals surface area contributed by atoms with Crippen molar-refractivity contribution in [1.82, 2.24) is 20.3 Å². The minimum absolute atomic E-state index is 0.248. The Bertz CT molecular complexity index is 1380. The van der Waals surface area contributed by atoms with Crippen LogP contribution in [0, 0.1) is 0 Å². The van der Waals surface area contributed by atoms with Crippen LogP contribution in [0.1, 0.15) is 40.8 Å². The van der Waals surface area contributed by atoms with Gasteiger partial charge in [-0.15, -0.1) is 11.3 Å². The summed E-state index contributed by atoms with van der Waals surface area (Å²) in [5.74, 6) is -0.513. The highest BCUT2D eigenvalue weighted by Crippen LogP contribution is 2.40. The first-order valence-corrected chi connectivity index (χ1v) is 12.5. The molecule has 0 atom stereocenters. The summed E-state index contributed by atoms with van der Waals surface area (Å²) in [4.78, 5) is 39.8. The van der Waals surface area contributed by atoms with E-state index >= 15 is 0 Å². The van der Waals surface area contributed by atoms with Crippen LogP contribution in [0.2, 0.25) is 0 Å². The summed E-state index contributed by atoms with van der Waals surface area (Å²) in [7, 11) is 0. The summed E-state index contributed by atoms with van der Waals surface area (Å²) in [6.07, 6.45) is 5.01. The molecular weight excluding hydrogens is 468 g/mol. The van der Waals surface area contributed by atoms with Gasteiger partial charge < -0.3 is 16.4 Å². The van der Waals surface area contributed by atoms with Gasteiger partial charge in [0.25, 0.3) is 11.8 Å². The van der Waals surface area contributed by atoms with Gasteiger partial charge in [0.05, 0.1) is 22.3 Å². The van der Waals surface area contributed by atoms with Crippen LogP contribution in [0.25, 0.3) is 21.5 Å². The van der Waals surface area contributed by atoms with E-state index in [1.54, 1.807) is 24.4 Å². The number of fused-ring (bicyclic) bond motifs is 1. The highest BCUT2D eigenvalue weighted by Gasteiger charge is 2.24. The van der Waals surface area contributed by atoms with Crippen LogP contribution >= 0.6 is 23.1 Å². The fourth-order valence-corrected chi connectivity index (χ4v) is 4.73. The Morgan fingerprint density at radius 3 is 2.56 bits per heavy atom. The van der Waals surface area contributed by atoms with Gasteiger partial charge in [0.1, 0.15) is 9.71 Å². The third kappa shape index (κ3) is 5.02. The second-order valence-electron chi connectivity index (χ2n) is 8.56. The van der Waals surface area contributed by atoms with Gasteiger partial charge in [-0.05, 0) is 51.3 Å². The van der Waals surface area contributed by atoms with E-state index in [2.05, 4.69) is 20.6 Å². The highest BCUT2D eigenvalue weighted by atomic mass is 32.2. The predicted molar refractivity (Wildman–Crippen MR) is 138 cm³/mol. The molecule has 0 saturated heterocycles. The second kappa shape index (κ2) is 9.40. The van der Waals surface area contributed by atoms with Crippen molar-refractivity contribution in [3.8, 4) is 11.3 Å². The van der Waals surface area contributed by atoms with E-state index < -0.39 is 5.54 Å². The molecule has 0 aliphatic heterocycles. The summed E-state index contributed by atoms with van der Waals surface area (Å²) in [5.41, 5.74) is 8.82. The van der Waals surface area contributed by atoms with Gasteiger partial charge in [-0.1, -0.05) is 23.9 Å². The van der Waals surface area contributed by atoms with Crippen molar-refractivity contribution in [3.63, 3.8) is 0 Å². The average Bonchev–Trinajstić information content (AvgIpc) is 3.14. The summed E-state index contributed by atoms with van der Waals surface area (Å²) >= 11 is 2.65. The first-order chi connectivity index (χ1) is 16.2. The molecule has 0 bridgehead atoms. The summed E-state index contributed by atoms with van der Waals surface area (Å²) < 4.78 is 0. The maximum absolute atomic E-state index is 12.9. The molecule has 0 spiro atoms. The van der Waals surface area contributed by atoms with Crippen LogP contribution in [0.4, 0.5) is 11.4 Å². The summed E-state index contributed by atoms with van der Waals surface area (Å²) in [6.45, 7) is 5.74. The lowest BCUT2D eigenvalue weighted by Crippen LogP contribution is -2.40. The molecule has 34 heavy (non-hydrogen) atoms. The number of hydrogen-bond acceptors (Lipinski definition) is 8. The predicted octanol–water partition coefficient (Wildman–Crippen LogP) is 4.84. The third-order valence-corrected chi connectivity index (χ3v) is 6.41. The lowest BCUT2D eigenvalue weighted by Gasteiger charge is -2.20. The van der Waals surface area contributed by atoms with E-state index in [4.69, 9.17) is 10.7 Å². The molecule has 0 aliphatic rings.